The highest BCUT2D eigenvalue weighted by atomic mass is 16.4. The topological polar surface area (TPSA) is 43.8 Å². The van der Waals surface area contributed by atoms with E-state index in [0.29, 0.717) is 0 Å². The molecule has 0 aromatic rings. The van der Waals surface area contributed by atoms with Crippen LogP contribution >= 0.6 is 0 Å². The van der Waals surface area contributed by atoms with Crippen LogP contribution in [0, 0.1) is 5.92 Å². The van der Waals surface area contributed by atoms with E-state index in [0.717, 1.165) is 38.5 Å². The van der Waals surface area contributed by atoms with E-state index in [1.807, 2.05) is 0 Å². The van der Waals surface area contributed by atoms with Gasteiger partial charge in [0.1, 0.15) is 0 Å². The van der Waals surface area contributed by atoms with Crippen LogP contribution in [0.15, 0.2) is 0 Å². The van der Waals surface area contributed by atoms with Gasteiger partial charge in [0.2, 0.25) is 0 Å². The molecule has 4 heteroatoms. The monoisotopic (exact) mass is 254 g/mol. The lowest BCUT2D eigenvalue weighted by Crippen LogP contribution is -2.41. The molecule has 1 N–H and O–H groups in total. The fourth-order valence-corrected chi connectivity index (χ4v) is 3.24. The van der Waals surface area contributed by atoms with Crippen molar-refractivity contribution in [2.45, 2.75) is 44.6 Å². The Hall–Kier alpha value is -0.610. The molecule has 1 unspecified atom stereocenters. The standard InChI is InChI=1S/C14H26N2O2/c1-15-8-3-2-4-13(15)7-11-16-9-5-12(6-10-16)14(17)18/h12-13H,2-11H2,1H3,(H,17,18). The van der Waals surface area contributed by atoms with Gasteiger partial charge in [-0.05, 0) is 65.3 Å². The highest BCUT2D eigenvalue weighted by Crippen LogP contribution is 2.21. The van der Waals surface area contributed by atoms with Gasteiger partial charge in [0.15, 0.2) is 0 Å². The number of carboxylic acid groups (broad SMARTS) is 1. The minimum Gasteiger partial charge on any atom is -0.481 e. The maximum atomic E-state index is 10.9. The first-order valence-electron chi connectivity index (χ1n) is 7.32. The van der Waals surface area contributed by atoms with Crippen LogP contribution in [0.4, 0.5) is 0 Å². The summed E-state index contributed by atoms with van der Waals surface area (Å²) in [5, 5.41) is 8.97. The molecule has 0 amide bonds. The van der Waals surface area contributed by atoms with E-state index in [4.69, 9.17) is 5.11 Å². The Bertz CT molecular complexity index is 275. The number of nitrogens with zero attached hydrogens (tertiary/aromatic N) is 2. The number of aliphatic carboxylic acids is 1. The molecule has 2 fully saturated rings. The van der Waals surface area contributed by atoms with E-state index in [1.165, 1.54) is 32.2 Å². The second-order valence-corrected chi connectivity index (χ2v) is 5.87. The van der Waals surface area contributed by atoms with Gasteiger partial charge in [-0.2, -0.15) is 0 Å². The molecule has 2 heterocycles. The normalized spacial score (nSPS) is 28.4. The van der Waals surface area contributed by atoms with Gasteiger partial charge in [0.25, 0.3) is 0 Å². The first-order valence-corrected chi connectivity index (χ1v) is 7.32. The van der Waals surface area contributed by atoms with E-state index >= 15 is 0 Å². The zero-order chi connectivity index (χ0) is 13.0. The molecule has 2 aliphatic heterocycles. The maximum absolute atomic E-state index is 10.9. The van der Waals surface area contributed by atoms with Crippen molar-refractivity contribution in [2.75, 3.05) is 33.2 Å². The highest BCUT2D eigenvalue weighted by Gasteiger charge is 2.25. The summed E-state index contributed by atoms with van der Waals surface area (Å²) in [5.41, 5.74) is 0. The Labute approximate surface area is 110 Å². The van der Waals surface area contributed by atoms with Crippen molar-refractivity contribution in [3.8, 4) is 0 Å². The molecule has 2 saturated heterocycles. The highest BCUT2D eigenvalue weighted by molar-refractivity contribution is 5.70. The van der Waals surface area contributed by atoms with Crippen molar-refractivity contribution in [1.29, 1.82) is 0 Å². The van der Waals surface area contributed by atoms with Crippen LogP contribution in [0.3, 0.4) is 0 Å². The third-order valence-electron chi connectivity index (χ3n) is 4.64. The van der Waals surface area contributed by atoms with Crippen LogP contribution in [0.25, 0.3) is 0 Å². The molecule has 4 nitrogen and oxygen atoms in total. The fraction of sp³-hybridized carbons (Fsp3) is 0.929. The van der Waals surface area contributed by atoms with Gasteiger partial charge in [0, 0.05) is 6.04 Å². The molecule has 0 aliphatic carbocycles. The number of rotatable bonds is 4. The molecule has 0 aromatic heterocycles. The summed E-state index contributed by atoms with van der Waals surface area (Å²) in [6, 6.07) is 0.746. The molecular weight excluding hydrogens is 228 g/mol. The van der Waals surface area contributed by atoms with Crippen molar-refractivity contribution < 1.29 is 9.90 Å². The Balaban J connectivity index is 1.67. The van der Waals surface area contributed by atoms with Crippen LogP contribution in [0.1, 0.15) is 38.5 Å². The zero-order valence-electron chi connectivity index (χ0n) is 11.5. The van der Waals surface area contributed by atoms with Crippen LogP contribution < -0.4 is 0 Å². The van der Waals surface area contributed by atoms with E-state index in [-0.39, 0.29) is 5.92 Å². The predicted molar refractivity (Wildman–Crippen MR) is 71.7 cm³/mol. The SMILES string of the molecule is CN1CCCCC1CCN1CCC(C(=O)O)CC1. The summed E-state index contributed by atoms with van der Waals surface area (Å²) < 4.78 is 0. The van der Waals surface area contributed by atoms with Crippen LogP contribution in [-0.2, 0) is 4.79 Å². The fourth-order valence-electron chi connectivity index (χ4n) is 3.24. The summed E-state index contributed by atoms with van der Waals surface area (Å²) in [6.07, 6.45) is 6.95. The Morgan fingerprint density at radius 3 is 2.50 bits per heavy atom. The minimum atomic E-state index is -0.610. The first-order chi connectivity index (χ1) is 8.66. The summed E-state index contributed by atoms with van der Waals surface area (Å²) in [7, 11) is 2.24. The lowest BCUT2D eigenvalue weighted by Gasteiger charge is -2.35. The molecule has 0 saturated carbocycles. The molecular formula is C14H26N2O2. The second-order valence-electron chi connectivity index (χ2n) is 5.87. The number of hydrogen-bond acceptors (Lipinski definition) is 3. The second kappa shape index (κ2) is 6.53. The molecule has 0 aromatic carbocycles. The van der Waals surface area contributed by atoms with Gasteiger partial charge >= 0.3 is 5.97 Å². The largest absolute Gasteiger partial charge is 0.481 e. The van der Waals surface area contributed by atoms with E-state index in [1.54, 1.807) is 0 Å². The Kier molecular flexibility index (Phi) is 5.01. The van der Waals surface area contributed by atoms with Crippen molar-refractivity contribution >= 4 is 5.97 Å². The third-order valence-corrected chi connectivity index (χ3v) is 4.64. The Morgan fingerprint density at radius 1 is 1.17 bits per heavy atom. The van der Waals surface area contributed by atoms with Gasteiger partial charge < -0.3 is 14.9 Å². The van der Waals surface area contributed by atoms with Crippen LogP contribution in [0.5, 0.6) is 0 Å². The predicted octanol–water partition coefficient (Wildman–Crippen LogP) is 1.66. The van der Waals surface area contributed by atoms with E-state index in [9.17, 15) is 4.79 Å². The van der Waals surface area contributed by atoms with Crippen LogP contribution in [0.2, 0.25) is 0 Å². The number of carbonyl (C=O) groups is 1. The number of carboxylic acids is 1. The molecule has 0 bridgehead atoms. The molecule has 0 radical (unpaired) electrons. The van der Waals surface area contributed by atoms with Gasteiger partial charge in [0.05, 0.1) is 5.92 Å². The average molecular weight is 254 g/mol. The van der Waals surface area contributed by atoms with Crippen LogP contribution in [-0.4, -0.2) is 60.1 Å². The van der Waals surface area contributed by atoms with E-state index in [2.05, 4.69) is 16.8 Å². The molecule has 0 spiro atoms. The number of hydrogen-bond donors (Lipinski definition) is 1. The van der Waals surface area contributed by atoms with Crippen molar-refractivity contribution in [3.63, 3.8) is 0 Å². The molecule has 104 valence electrons. The van der Waals surface area contributed by atoms with Crippen molar-refractivity contribution in [3.05, 3.63) is 0 Å². The lowest BCUT2D eigenvalue weighted by molar-refractivity contribution is -0.143. The minimum absolute atomic E-state index is 0.0985. The van der Waals surface area contributed by atoms with Gasteiger partial charge in [-0.1, -0.05) is 6.42 Å². The summed E-state index contributed by atoms with van der Waals surface area (Å²) in [6.45, 7) is 4.31. The van der Waals surface area contributed by atoms with E-state index < -0.39 is 5.97 Å². The molecule has 1 atom stereocenters. The van der Waals surface area contributed by atoms with Gasteiger partial charge in [-0.25, -0.2) is 0 Å². The first kappa shape index (κ1) is 13.8. The zero-order valence-corrected chi connectivity index (χ0v) is 11.5. The molecule has 2 aliphatic rings. The number of piperidine rings is 2. The van der Waals surface area contributed by atoms with Crippen molar-refractivity contribution in [1.82, 2.24) is 9.80 Å². The lowest BCUT2D eigenvalue weighted by atomic mass is 9.96. The third kappa shape index (κ3) is 3.69. The average Bonchev–Trinajstić information content (AvgIpc) is 2.38. The molecule has 2 rings (SSSR count). The summed E-state index contributed by atoms with van der Waals surface area (Å²) in [4.78, 5) is 15.8. The smallest absolute Gasteiger partial charge is 0.306 e. The van der Waals surface area contributed by atoms with Crippen molar-refractivity contribution in [2.24, 2.45) is 5.92 Å². The maximum Gasteiger partial charge on any atom is 0.306 e. The molecule has 18 heavy (non-hydrogen) atoms. The summed E-state index contributed by atoms with van der Waals surface area (Å²) >= 11 is 0. The van der Waals surface area contributed by atoms with Gasteiger partial charge in [-0.15, -0.1) is 0 Å². The quantitative estimate of drug-likeness (QED) is 0.828. The summed E-state index contributed by atoms with van der Waals surface area (Å²) in [5.74, 6) is -0.708. The number of likely N-dealkylation sites (tertiary alicyclic amines) is 2. The van der Waals surface area contributed by atoms with Gasteiger partial charge in [-0.3, -0.25) is 4.79 Å². The Morgan fingerprint density at radius 2 is 1.89 bits per heavy atom.